The van der Waals surface area contributed by atoms with Crippen LogP contribution in [0.2, 0.25) is 0 Å². The van der Waals surface area contributed by atoms with Gasteiger partial charge in [-0.2, -0.15) is 0 Å². The Balaban J connectivity index is -0.0000000339. The van der Waals surface area contributed by atoms with Crippen molar-refractivity contribution >= 4 is 0 Å². The van der Waals surface area contributed by atoms with Crippen LogP contribution in [-0.4, -0.2) is 10.2 Å². The summed E-state index contributed by atoms with van der Waals surface area (Å²) in [4.78, 5) is 16.5. The third-order valence-electron chi connectivity index (χ3n) is 0. The summed E-state index contributed by atoms with van der Waals surface area (Å²) < 4.78 is 8.10. The van der Waals surface area contributed by atoms with Gasteiger partial charge in [0, 0.05) is 0 Å². The summed E-state index contributed by atoms with van der Waals surface area (Å²) in [6, 6.07) is 0. The van der Waals surface area contributed by atoms with E-state index in [2.05, 4.69) is 0 Å². The number of hydrogen-bond donors (Lipinski definition) is 0. The summed E-state index contributed by atoms with van der Waals surface area (Å²) in [5.74, 6) is 0. The minimum absolute atomic E-state index is 0. The van der Waals surface area contributed by atoms with Gasteiger partial charge in [-0.3, -0.25) is 0 Å². The van der Waals surface area contributed by atoms with E-state index in [-0.39, 0.29) is 20.4 Å². The van der Waals surface area contributed by atoms with E-state index in [1.165, 1.54) is 19.2 Å². The van der Waals surface area contributed by atoms with E-state index < -0.39 is 10.2 Å². The molecule has 0 atom stereocenters. The molecule has 11 heteroatoms. The molecule has 0 amide bonds. The second-order valence-electron chi connectivity index (χ2n) is 0.447. The Labute approximate surface area is 84.0 Å². The summed E-state index contributed by atoms with van der Waals surface area (Å²) in [5, 5.41) is 29.5. The van der Waals surface area contributed by atoms with Gasteiger partial charge in [-0.05, 0) is 0 Å². The molecule has 0 bridgehead atoms. The average Bonchev–Trinajstić information content (AvgIpc) is 1.66. The predicted molar refractivity (Wildman–Crippen MR) is 21.4 cm³/mol. The van der Waals surface area contributed by atoms with Crippen LogP contribution < -0.4 is 0 Å². The van der Waals surface area contributed by atoms with Gasteiger partial charge in [0.25, 0.3) is 0 Å². The van der Waals surface area contributed by atoms with Gasteiger partial charge in [0.2, 0.25) is 0 Å². The molecule has 0 fully saturated rings. The molecule has 0 aromatic rings. The third-order valence-corrected chi connectivity index (χ3v) is 0. The van der Waals surface area contributed by atoms with Crippen molar-refractivity contribution in [3.8, 4) is 0 Å². The van der Waals surface area contributed by atoms with Gasteiger partial charge in [-0.1, -0.05) is 0 Å². The van der Waals surface area contributed by atoms with Crippen LogP contribution in [0, 0.1) is 30.6 Å². The fourth-order valence-corrected chi connectivity index (χ4v) is 0. The standard InChI is InChI=1S/2NO3.O.2Pd/c2*2-1(3)4;;;/q2*-1;;;+2. The Morgan fingerprint density at radius 3 is 0.818 bits per heavy atom. The zero-order chi connectivity index (χ0) is 9.15. The molecule has 0 unspecified atom stereocenters. The fraction of sp³-hybridized carbons (Fsp3) is 0. The first-order chi connectivity index (χ1) is 4.46. The van der Waals surface area contributed by atoms with E-state index in [9.17, 15) is 0 Å². The minimum atomic E-state index is -1.75. The molecule has 0 heterocycles. The molecule has 0 aliphatic rings. The van der Waals surface area contributed by atoms with Crippen LogP contribution >= 0.6 is 0 Å². The SMILES string of the molecule is O=[N+]([O-])[O-].O=[N+]([O-])[O-].[O]=[Pd].[Pd+2]. The Morgan fingerprint density at radius 1 is 0.818 bits per heavy atom. The first-order valence-electron chi connectivity index (χ1n) is 1.22. The minimum Gasteiger partial charge on any atom is 2.00 e. The normalized spacial score (nSPS) is 4.91. The van der Waals surface area contributed by atoms with E-state index in [4.69, 9.17) is 34.1 Å². The molecule has 0 N–H and O–H groups in total. The Kier molecular flexibility index (Phi) is 46.2. The van der Waals surface area contributed by atoms with E-state index in [1.54, 1.807) is 0 Å². The fourth-order valence-electron chi connectivity index (χ4n) is 0. The van der Waals surface area contributed by atoms with Crippen LogP contribution in [0.5, 0.6) is 0 Å². The predicted octanol–water partition coefficient (Wildman–Crippen LogP) is -0.602. The molecule has 0 spiro atoms. The maximum Gasteiger partial charge on any atom is 2.00 e. The first-order valence-corrected chi connectivity index (χ1v) is 1.86. The molecule has 0 rings (SSSR count). The van der Waals surface area contributed by atoms with Crippen molar-refractivity contribution in [2.45, 2.75) is 0 Å². The van der Waals surface area contributed by atoms with Gasteiger partial charge in [0.1, 0.15) is 0 Å². The largest absolute Gasteiger partial charge is 2.00 e. The van der Waals surface area contributed by atoms with E-state index in [0.717, 1.165) is 0 Å². The van der Waals surface area contributed by atoms with Crippen LogP contribution in [0.4, 0.5) is 0 Å². The summed E-state index contributed by atoms with van der Waals surface area (Å²) in [6.45, 7) is 0. The number of hydrogen-bond acceptors (Lipinski definition) is 7. The van der Waals surface area contributed by atoms with Crippen molar-refractivity contribution in [1.82, 2.24) is 0 Å². The zero-order valence-corrected chi connectivity index (χ0v) is 7.49. The van der Waals surface area contributed by atoms with Crippen molar-refractivity contribution in [3.63, 3.8) is 0 Å². The number of nitrogens with zero attached hydrogens (tertiary/aromatic N) is 2. The van der Waals surface area contributed by atoms with E-state index in [1.807, 2.05) is 0 Å². The first kappa shape index (κ1) is 22.4. The van der Waals surface area contributed by atoms with Crippen molar-refractivity contribution < 1.29 is 53.2 Å². The summed E-state index contributed by atoms with van der Waals surface area (Å²) in [5.41, 5.74) is 0. The quantitative estimate of drug-likeness (QED) is 0.320. The van der Waals surface area contributed by atoms with Crippen molar-refractivity contribution in [2.24, 2.45) is 0 Å². The second-order valence-corrected chi connectivity index (χ2v) is 0.447. The molecule has 0 aliphatic carbocycles. The van der Waals surface area contributed by atoms with Crippen molar-refractivity contribution in [2.75, 3.05) is 0 Å². The van der Waals surface area contributed by atoms with Crippen LogP contribution in [0.25, 0.3) is 0 Å². The molecule has 0 aromatic heterocycles. The topological polar surface area (TPSA) is 149 Å². The average molecular weight is 353 g/mol. The molecule has 0 saturated carbocycles. The molecule has 72 valence electrons. The maximum absolute atomic E-state index is 8.25. The summed E-state index contributed by atoms with van der Waals surface area (Å²) in [7, 11) is 0. The molecule has 0 saturated heterocycles. The van der Waals surface area contributed by atoms with E-state index >= 15 is 0 Å². The second kappa shape index (κ2) is 22.7. The monoisotopic (exact) mass is 352 g/mol. The number of rotatable bonds is 0. The Hall–Kier alpha value is -0.475. The Bertz CT molecular complexity index is 82.6. The van der Waals surface area contributed by atoms with Gasteiger partial charge in [0.15, 0.2) is 0 Å². The Morgan fingerprint density at radius 2 is 0.818 bits per heavy atom. The van der Waals surface area contributed by atoms with Gasteiger partial charge in [-0.15, -0.1) is 0 Å². The van der Waals surface area contributed by atoms with Crippen LogP contribution in [0.15, 0.2) is 0 Å². The summed E-state index contributed by atoms with van der Waals surface area (Å²) in [6.07, 6.45) is 0. The molecule has 0 aromatic carbocycles. The van der Waals surface area contributed by atoms with E-state index in [0.29, 0.717) is 0 Å². The molecular weight excluding hydrogens is 353 g/mol. The summed E-state index contributed by atoms with van der Waals surface area (Å²) >= 11 is 1.50. The van der Waals surface area contributed by atoms with Gasteiger partial charge in [0.05, 0.1) is 10.2 Å². The third kappa shape index (κ3) is 2390. The van der Waals surface area contributed by atoms with Crippen LogP contribution in [0.3, 0.4) is 0 Å². The molecule has 9 nitrogen and oxygen atoms in total. The van der Waals surface area contributed by atoms with Crippen molar-refractivity contribution in [3.05, 3.63) is 30.6 Å². The van der Waals surface area contributed by atoms with Gasteiger partial charge < -0.3 is 30.6 Å². The zero-order valence-electron chi connectivity index (χ0n) is 4.38. The molecule has 0 aliphatic heterocycles. The molecule has 0 radical (unpaired) electrons. The molecule has 11 heavy (non-hydrogen) atoms. The van der Waals surface area contributed by atoms with Crippen LogP contribution in [-0.2, 0) is 43.1 Å². The van der Waals surface area contributed by atoms with Gasteiger partial charge in [-0.25, -0.2) is 0 Å². The van der Waals surface area contributed by atoms with Crippen molar-refractivity contribution in [1.29, 1.82) is 0 Å². The van der Waals surface area contributed by atoms with Crippen LogP contribution in [0.1, 0.15) is 0 Å². The smallest absolute Gasteiger partial charge is 2.00 e. The maximum atomic E-state index is 8.25. The molecular formula is N2O7Pd2. The van der Waals surface area contributed by atoms with Gasteiger partial charge >= 0.3 is 43.1 Å².